The van der Waals surface area contributed by atoms with Crippen LogP contribution in [-0.4, -0.2) is 31.3 Å². The van der Waals surface area contributed by atoms with Gasteiger partial charge in [0.1, 0.15) is 6.61 Å². The third-order valence-corrected chi connectivity index (χ3v) is 5.45. The van der Waals surface area contributed by atoms with Gasteiger partial charge in [-0.3, -0.25) is 0 Å². The minimum absolute atomic E-state index is 0.216. The number of benzene rings is 1. The van der Waals surface area contributed by atoms with Gasteiger partial charge >= 0.3 is 5.97 Å². The third-order valence-electron chi connectivity index (χ3n) is 4.17. The molecule has 1 aromatic heterocycles. The second kappa shape index (κ2) is 6.81. The molecule has 0 aliphatic carbocycles. The molecule has 0 saturated carbocycles. The third kappa shape index (κ3) is 3.16. The number of aromatic nitrogens is 1. The number of fused-ring (bicyclic) bond motifs is 1. The predicted octanol–water partition coefficient (Wildman–Crippen LogP) is 4.12. The highest BCUT2D eigenvalue weighted by molar-refractivity contribution is 8.03. The van der Waals surface area contributed by atoms with Crippen LogP contribution in [0.1, 0.15) is 29.9 Å². The molecule has 2 aromatic rings. The van der Waals surface area contributed by atoms with Crippen molar-refractivity contribution in [1.29, 1.82) is 0 Å². The van der Waals surface area contributed by atoms with Gasteiger partial charge in [-0.05, 0) is 36.8 Å². The van der Waals surface area contributed by atoms with Crippen molar-refractivity contribution in [2.45, 2.75) is 25.5 Å². The van der Waals surface area contributed by atoms with Crippen LogP contribution in [0.3, 0.4) is 0 Å². The number of carbonyl (C=O) groups excluding carboxylic acids is 1. The second-order valence-corrected chi connectivity index (χ2v) is 7.10. The lowest BCUT2D eigenvalue weighted by atomic mass is 10.0. The van der Waals surface area contributed by atoms with E-state index in [1.165, 1.54) is 16.6 Å². The van der Waals surface area contributed by atoms with Gasteiger partial charge in [0, 0.05) is 34.5 Å². The zero-order valence-electron chi connectivity index (χ0n) is 13.6. The lowest BCUT2D eigenvalue weighted by Crippen LogP contribution is -2.12. The van der Waals surface area contributed by atoms with Crippen molar-refractivity contribution >= 4 is 28.6 Å². The smallest absolute Gasteiger partial charge is 0.334 e. The van der Waals surface area contributed by atoms with E-state index in [-0.39, 0.29) is 11.2 Å². The summed E-state index contributed by atoms with van der Waals surface area (Å²) in [5.74, 6) is -0.216. The molecule has 1 atom stereocenters. The summed E-state index contributed by atoms with van der Waals surface area (Å²) < 4.78 is 10.2. The molecule has 3 rings (SSSR count). The average Bonchev–Trinajstić information content (AvgIpc) is 3.06. The first-order chi connectivity index (χ1) is 11.1. The number of rotatable bonds is 5. The predicted molar refractivity (Wildman–Crippen MR) is 93.5 cm³/mol. The number of allylic oxidation sites excluding steroid dienone is 1. The first kappa shape index (κ1) is 16.1. The molecule has 0 amide bonds. The van der Waals surface area contributed by atoms with Gasteiger partial charge in [0.05, 0.1) is 6.61 Å². The molecule has 4 nitrogen and oxygen atoms in total. The Morgan fingerprint density at radius 3 is 2.87 bits per heavy atom. The van der Waals surface area contributed by atoms with Crippen molar-refractivity contribution in [3.8, 4) is 0 Å². The summed E-state index contributed by atoms with van der Waals surface area (Å²) in [7, 11) is 1.60. The molecular formula is C18H21NO3S. The molecule has 2 heterocycles. The highest BCUT2D eigenvalue weighted by Crippen LogP contribution is 2.50. The van der Waals surface area contributed by atoms with Crippen LogP contribution in [0, 0.1) is 6.92 Å². The lowest BCUT2D eigenvalue weighted by Gasteiger charge is -2.10. The number of nitrogens with one attached hydrogen (secondary N) is 1. The van der Waals surface area contributed by atoms with Gasteiger partial charge < -0.3 is 14.5 Å². The monoisotopic (exact) mass is 331 g/mol. The summed E-state index contributed by atoms with van der Waals surface area (Å²) in [5, 5.41) is 1.50. The van der Waals surface area contributed by atoms with Crippen molar-refractivity contribution in [2.75, 3.05) is 20.3 Å². The Hall–Kier alpha value is -1.72. The Labute approximate surface area is 140 Å². The van der Waals surface area contributed by atoms with Gasteiger partial charge in [0.15, 0.2) is 0 Å². The van der Waals surface area contributed by atoms with E-state index < -0.39 is 0 Å². The highest BCUT2D eigenvalue weighted by Gasteiger charge is 2.31. The molecule has 1 aromatic carbocycles. The zero-order chi connectivity index (χ0) is 16.4. The number of carbonyl (C=O) groups is 1. The van der Waals surface area contributed by atoms with Crippen molar-refractivity contribution in [1.82, 2.24) is 4.98 Å². The summed E-state index contributed by atoms with van der Waals surface area (Å²) in [6, 6.07) is 8.31. The van der Waals surface area contributed by atoms with Crippen LogP contribution in [0.25, 0.3) is 10.9 Å². The van der Waals surface area contributed by atoms with Gasteiger partial charge in [-0.1, -0.05) is 18.2 Å². The second-order valence-electron chi connectivity index (χ2n) is 5.68. The maximum absolute atomic E-state index is 12.2. The van der Waals surface area contributed by atoms with Crippen LogP contribution in [-0.2, 0) is 14.3 Å². The van der Waals surface area contributed by atoms with Gasteiger partial charge in [0.25, 0.3) is 0 Å². The molecule has 1 unspecified atom stereocenters. The van der Waals surface area contributed by atoms with E-state index in [9.17, 15) is 4.79 Å². The van der Waals surface area contributed by atoms with E-state index in [1.54, 1.807) is 18.9 Å². The van der Waals surface area contributed by atoms with Crippen LogP contribution in [0.2, 0.25) is 0 Å². The molecule has 1 aliphatic heterocycles. The molecule has 0 spiro atoms. The molecular weight excluding hydrogens is 310 g/mol. The van der Waals surface area contributed by atoms with Gasteiger partial charge in [-0.2, -0.15) is 0 Å². The minimum Gasteiger partial charge on any atom is -0.460 e. The Balaban J connectivity index is 1.79. The van der Waals surface area contributed by atoms with E-state index in [0.29, 0.717) is 19.6 Å². The number of hydrogen-bond acceptors (Lipinski definition) is 4. The average molecular weight is 331 g/mol. The van der Waals surface area contributed by atoms with Crippen LogP contribution in [0.4, 0.5) is 0 Å². The number of H-pyrrole nitrogens is 1. The SMILES string of the molecule is COCCOC(=O)C1=C(C)SC(c2c(C)[nH]c3ccccc23)C1. The van der Waals surface area contributed by atoms with Crippen molar-refractivity contribution in [3.05, 3.63) is 46.0 Å². The molecule has 0 saturated heterocycles. The van der Waals surface area contributed by atoms with Crippen LogP contribution < -0.4 is 0 Å². The minimum atomic E-state index is -0.216. The van der Waals surface area contributed by atoms with Gasteiger partial charge in [-0.15, -0.1) is 11.8 Å². The van der Waals surface area contributed by atoms with Gasteiger partial charge in [0.2, 0.25) is 0 Å². The van der Waals surface area contributed by atoms with E-state index in [4.69, 9.17) is 9.47 Å². The van der Waals surface area contributed by atoms with Crippen LogP contribution >= 0.6 is 11.8 Å². The maximum atomic E-state index is 12.2. The van der Waals surface area contributed by atoms with Crippen LogP contribution in [0.5, 0.6) is 0 Å². The van der Waals surface area contributed by atoms with Crippen LogP contribution in [0.15, 0.2) is 34.7 Å². The lowest BCUT2D eigenvalue weighted by molar-refractivity contribution is -0.140. The number of thioether (sulfide) groups is 1. The summed E-state index contributed by atoms with van der Waals surface area (Å²) in [5.41, 5.74) is 4.41. The number of ether oxygens (including phenoxy) is 2. The fraction of sp³-hybridized carbons (Fsp3) is 0.389. The van der Waals surface area contributed by atoms with E-state index in [0.717, 1.165) is 16.0 Å². The number of esters is 1. The van der Waals surface area contributed by atoms with E-state index >= 15 is 0 Å². The summed E-state index contributed by atoms with van der Waals surface area (Å²) >= 11 is 1.76. The van der Waals surface area contributed by atoms with Crippen molar-refractivity contribution in [3.63, 3.8) is 0 Å². The number of methoxy groups -OCH3 is 1. The summed E-state index contributed by atoms with van der Waals surface area (Å²) in [6.45, 7) is 4.83. The molecule has 1 N–H and O–H groups in total. The molecule has 1 aliphatic rings. The zero-order valence-corrected chi connectivity index (χ0v) is 14.5. The highest BCUT2D eigenvalue weighted by atomic mass is 32.2. The Morgan fingerprint density at radius 2 is 2.09 bits per heavy atom. The topological polar surface area (TPSA) is 51.3 Å². The van der Waals surface area contributed by atoms with E-state index in [1.807, 2.05) is 13.0 Å². The fourth-order valence-electron chi connectivity index (χ4n) is 3.06. The quantitative estimate of drug-likeness (QED) is 0.661. The van der Waals surface area contributed by atoms with Gasteiger partial charge in [-0.25, -0.2) is 4.79 Å². The number of aromatic amines is 1. The summed E-state index contributed by atoms with van der Waals surface area (Å²) in [6.07, 6.45) is 0.713. The molecule has 0 fully saturated rings. The maximum Gasteiger partial charge on any atom is 0.334 e. The number of para-hydroxylation sites is 1. The molecule has 0 bridgehead atoms. The number of hydrogen-bond donors (Lipinski definition) is 1. The Morgan fingerprint density at radius 1 is 1.30 bits per heavy atom. The molecule has 122 valence electrons. The normalized spacial score (nSPS) is 18.0. The Kier molecular flexibility index (Phi) is 4.78. The largest absolute Gasteiger partial charge is 0.460 e. The standard InChI is InChI=1S/C18H21NO3S/c1-11-17(13-6-4-5-7-15(13)19-11)16-10-14(12(2)23-16)18(20)22-9-8-21-3/h4-7,16,19H,8-10H2,1-3H3. The first-order valence-electron chi connectivity index (χ1n) is 7.71. The first-order valence-corrected chi connectivity index (χ1v) is 8.59. The van der Waals surface area contributed by atoms with E-state index in [2.05, 4.69) is 30.1 Å². The van der Waals surface area contributed by atoms with Crippen molar-refractivity contribution in [2.24, 2.45) is 0 Å². The fourth-order valence-corrected chi connectivity index (χ4v) is 4.47. The molecule has 23 heavy (non-hydrogen) atoms. The van der Waals surface area contributed by atoms with Crippen molar-refractivity contribution < 1.29 is 14.3 Å². The molecule has 5 heteroatoms. The summed E-state index contributed by atoms with van der Waals surface area (Å²) in [4.78, 5) is 16.7. The number of aryl methyl sites for hydroxylation is 1. The Bertz CT molecular complexity index is 763. The molecule has 0 radical (unpaired) electrons.